The van der Waals surface area contributed by atoms with Gasteiger partial charge in [0.15, 0.2) is 17.1 Å². The molecular formula is C20H23N3O6. The summed E-state index contributed by atoms with van der Waals surface area (Å²) in [6, 6.07) is 7.75. The summed E-state index contributed by atoms with van der Waals surface area (Å²) in [5.41, 5.74) is 2.00. The van der Waals surface area contributed by atoms with Crippen LogP contribution in [0.5, 0.6) is 17.2 Å². The number of ether oxygens (including phenoxy) is 3. The van der Waals surface area contributed by atoms with Crippen LogP contribution < -0.4 is 30.6 Å². The summed E-state index contributed by atoms with van der Waals surface area (Å²) in [5, 5.41) is 5.42. The van der Waals surface area contributed by atoms with E-state index in [1.165, 1.54) is 21.3 Å². The minimum atomic E-state index is -0.482. The van der Waals surface area contributed by atoms with Crippen molar-refractivity contribution in [2.75, 3.05) is 32.0 Å². The number of carbonyl (C=O) groups is 1. The van der Waals surface area contributed by atoms with Gasteiger partial charge in [-0.3, -0.25) is 4.57 Å². The van der Waals surface area contributed by atoms with Crippen LogP contribution in [0.15, 0.2) is 39.5 Å². The molecule has 0 saturated heterocycles. The zero-order chi connectivity index (χ0) is 21.1. The SMILES string of the molecule is COc1cc(NC(=O)Nc2ccc3c(c2)oc(=O)n3C(C)C)cc(OC)c1OC. The molecule has 2 aromatic carbocycles. The van der Waals surface area contributed by atoms with Gasteiger partial charge in [-0.2, -0.15) is 0 Å². The van der Waals surface area contributed by atoms with Crippen LogP contribution in [-0.2, 0) is 0 Å². The van der Waals surface area contributed by atoms with Gasteiger partial charge in [-0.25, -0.2) is 9.59 Å². The van der Waals surface area contributed by atoms with Gasteiger partial charge in [0, 0.05) is 29.9 Å². The van der Waals surface area contributed by atoms with E-state index in [4.69, 9.17) is 18.6 Å². The first kappa shape index (κ1) is 20.1. The van der Waals surface area contributed by atoms with Gasteiger partial charge in [0.2, 0.25) is 5.75 Å². The van der Waals surface area contributed by atoms with Crippen molar-refractivity contribution in [2.24, 2.45) is 0 Å². The maximum Gasteiger partial charge on any atom is 0.420 e. The molecule has 3 aromatic rings. The lowest BCUT2D eigenvalue weighted by atomic mass is 10.2. The van der Waals surface area contributed by atoms with Crippen molar-refractivity contribution in [1.82, 2.24) is 4.57 Å². The van der Waals surface area contributed by atoms with E-state index in [1.54, 1.807) is 34.9 Å². The number of anilines is 2. The molecule has 0 saturated carbocycles. The third-order valence-electron chi connectivity index (χ3n) is 4.31. The van der Waals surface area contributed by atoms with Crippen molar-refractivity contribution in [3.05, 3.63) is 40.9 Å². The van der Waals surface area contributed by atoms with E-state index in [0.717, 1.165) is 0 Å². The Kier molecular flexibility index (Phi) is 5.67. The van der Waals surface area contributed by atoms with E-state index in [2.05, 4.69) is 10.6 Å². The summed E-state index contributed by atoms with van der Waals surface area (Å²) < 4.78 is 22.7. The molecular weight excluding hydrogens is 378 g/mol. The molecule has 0 bridgehead atoms. The zero-order valence-corrected chi connectivity index (χ0v) is 16.9. The molecule has 0 aliphatic heterocycles. The molecule has 2 N–H and O–H groups in total. The van der Waals surface area contributed by atoms with Gasteiger partial charge in [-0.1, -0.05) is 0 Å². The second kappa shape index (κ2) is 8.17. The minimum Gasteiger partial charge on any atom is -0.493 e. The molecule has 2 amide bonds. The van der Waals surface area contributed by atoms with Crippen LogP contribution in [0, 0.1) is 0 Å². The van der Waals surface area contributed by atoms with Crippen LogP contribution in [0.1, 0.15) is 19.9 Å². The number of benzene rings is 2. The molecule has 9 heteroatoms. The second-order valence-electron chi connectivity index (χ2n) is 6.51. The summed E-state index contributed by atoms with van der Waals surface area (Å²) >= 11 is 0. The number of fused-ring (bicyclic) bond motifs is 1. The molecule has 0 unspecified atom stereocenters. The third-order valence-corrected chi connectivity index (χ3v) is 4.31. The first-order valence-corrected chi connectivity index (χ1v) is 8.91. The maximum atomic E-state index is 12.4. The third kappa shape index (κ3) is 3.98. The van der Waals surface area contributed by atoms with Gasteiger partial charge in [-0.05, 0) is 26.0 Å². The number of carbonyl (C=O) groups excluding carboxylic acids is 1. The summed E-state index contributed by atoms with van der Waals surface area (Å²) in [5.74, 6) is 0.825. The number of hydrogen-bond donors (Lipinski definition) is 2. The van der Waals surface area contributed by atoms with E-state index in [-0.39, 0.29) is 6.04 Å². The Balaban J connectivity index is 1.81. The Bertz CT molecular complexity index is 1070. The Morgan fingerprint density at radius 3 is 2.14 bits per heavy atom. The van der Waals surface area contributed by atoms with Crippen molar-refractivity contribution in [1.29, 1.82) is 0 Å². The molecule has 0 radical (unpaired) electrons. The van der Waals surface area contributed by atoms with E-state index in [0.29, 0.717) is 39.7 Å². The highest BCUT2D eigenvalue weighted by Crippen LogP contribution is 2.39. The molecule has 0 fully saturated rings. The lowest BCUT2D eigenvalue weighted by Crippen LogP contribution is -2.19. The van der Waals surface area contributed by atoms with E-state index >= 15 is 0 Å². The quantitative estimate of drug-likeness (QED) is 0.650. The van der Waals surface area contributed by atoms with E-state index in [1.807, 2.05) is 13.8 Å². The number of aromatic nitrogens is 1. The summed E-state index contributed by atoms with van der Waals surface area (Å²) in [7, 11) is 4.49. The molecule has 0 aliphatic carbocycles. The molecule has 9 nitrogen and oxygen atoms in total. The second-order valence-corrected chi connectivity index (χ2v) is 6.51. The molecule has 29 heavy (non-hydrogen) atoms. The Labute approximate surface area is 167 Å². The molecule has 154 valence electrons. The Morgan fingerprint density at radius 2 is 1.59 bits per heavy atom. The van der Waals surface area contributed by atoms with Gasteiger partial charge < -0.3 is 29.3 Å². The number of oxazole rings is 1. The molecule has 1 heterocycles. The van der Waals surface area contributed by atoms with Gasteiger partial charge >= 0.3 is 11.8 Å². The van der Waals surface area contributed by atoms with E-state index in [9.17, 15) is 9.59 Å². The van der Waals surface area contributed by atoms with Crippen LogP contribution in [0.4, 0.5) is 16.2 Å². The van der Waals surface area contributed by atoms with Crippen LogP contribution >= 0.6 is 0 Å². The Morgan fingerprint density at radius 1 is 0.966 bits per heavy atom. The van der Waals surface area contributed by atoms with Gasteiger partial charge in [0.25, 0.3) is 0 Å². The topological polar surface area (TPSA) is 104 Å². The largest absolute Gasteiger partial charge is 0.493 e. The minimum absolute atomic E-state index is 0.0362. The smallest absolute Gasteiger partial charge is 0.420 e. The standard InChI is InChI=1S/C20H23N3O6/c1-11(2)23-14-7-6-12(8-15(14)29-20(23)25)21-19(24)22-13-9-16(26-3)18(28-5)17(10-13)27-4/h6-11H,1-5H3,(H2,21,22,24). The van der Waals surface area contributed by atoms with Crippen molar-refractivity contribution >= 4 is 28.5 Å². The molecule has 3 rings (SSSR count). The number of amides is 2. The fourth-order valence-corrected chi connectivity index (χ4v) is 3.05. The molecule has 1 aromatic heterocycles. The van der Waals surface area contributed by atoms with Crippen molar-refractivity contribution < 1.29 is 23.4 Å². The molecule has 0 aliphatic rings. The number of urea groups is 1. The fraction of sp³-hybridized carbons (Fsp3) is 0.300. The number of methoxy groups -OCH3 is 3. The number of nitrogens with zero attached hydrogens (tertiary/aromatic N) is 1. The highest BCUT2D eigenvalue weighted by atomic mass is 16.5. The van der Waals surface area contributed by atoms with Gasteiger partial charge in [-0.15, -0.1) is 0 Å². The number of nitrogens with one attached hydrogen (secondary N) is 2. The first-order valence-electron chi connectivity index (χ1n) is 8.91. The average Bonchev–Trinajstić information content (AvgIpc) is 3.01. The molecule has 0 atom stereocenters. The predicted octanol–water partition coefficient (Wildman–Crippen LogP) is 3.85. The van der Waals surface area contributed by atoms with Crippen LogP contribution in [0.2, 0.25) is 0 Å². The highest BCUT2D eigenvalue weighted by molar-refractivity contribution is 6.01. The zero-order valence-electron chi connectivity index (χ0n) is 16.9. The lowest BCUT2D eigenvalue weighted by Gasteiger charge is -2.15. The maximum absolute atomic E-state index is 12.4. The number of rotatable bonds is 6. The van der Waals surface area contributed by atoms with Crippen LogP contribution in [-0.4, -0.2) is 31.9 Å². The summed E-state index contributed by atoms with van der Waals surface area (Å²) in [4.78, 5) is 24.4. The predicted molar refractivity (Wildman–Crippen MR) is 110 cm³/mol. The lowest BCUT2D eigenvalue weighted by molar-refractivity contribution is 0.262. The Hall–Kier alpha value is -3.62. The molecule has 0 spiro atoms. The van der Waals surface area contributed by atoms with Gasteiger partial charge in [0.05, 0.1) is 32.5 Å². The van der Waals surface area contributed by atoms with Crippen molar-refractivity contribution in [3.63, 3.8) is 0 Å². The van der Waals surface area contributed by atoms with Crippen LogP contribution in [0.25, 0.3) is 11.1 Å². The normalized spacial score (nSPS) is 10.8. The average molecular weight is 401 g/mol. The number of hydrogen-bond acceptors (Lipinski definition) is 6. The first-order chi connectivity index (χ1) is 13.9. The van der Waals surface area contributed by atoms with Crippen molar-refractivity contribution in [2.45, 2.75) is 19.9 Å². The summed E-state index contributed by atoms with van der Waals surface area (Å²) in [6.07, 6.45) is 0. The highest BCUT2D eigenvalue weighted by Gasteiger charge is 2.16. The van der Waals surface area contributed by atoms with Gasteiger partial charge in [0.1, 0.15) is 0 Å². The van der Waals surface area contributed by atoms with Crippen molar-refractivity contribution in [3.8, 4) is 17.2 Å². The fourth-order valence-electron chi connectivity index (χ4n) is 3.05. The van der Waals surface area contributed by atoms with E-state index < -0.39 is 11.8 Å². The van der Waals surface area contributed by atoms with Crippen LogP contribution in [0.3, 0.4) is 0 Å². The summed E-state index contributed by atoms with van der Waals surface area (Å²) in [6.45, 7) is 3.79. The monoisotopic (exact) mass is 401 g/mol.